The molecule has 1 aromatic carbocycles. The van der Waals surface area contributed by atoms with Gasteiger partial charge in [-0.05, 0) is 47.5 Å². The molecule has 4 rings (SSSR count). The average molecular weight is 619 g/mol. The predicted molar refractivity (Wildman–Crippen MR) is 159 cm³/mol. The van der Waals surface area contributed by atoms with Crippen molar-refractivity contribution in [3.8, 4) is 0 Å². The normalized spacial score (nSPS) is 14.2. The lowest BCUT2D eigenvalue weighted by Gasteiger charge is -2.33. The number of ether oxygens (including phenoxy) is 1. The van der Waals surface area contributed by atoms with Crippen LogP contribution in [-0.2, 0) is 24.4 Å². The summed E-state index contributed by atoms with van der Waals surface area (Å²) in [6.07, 6.45) is 0.654. The molecule has 0 aliphatic carbocycles. The number of aryl methyl sites for hydroxylation is 2. The number of rotatable bonds is 7. The summed E-state index contributed by atoms with van der Waals surface area (Å²) in [5.74, 6) is -1.38. The van der Waals surface area contributed by atoms with Crippen molar-refractivity contribution in [3.63, 3.8) is 0 Å². The van der Waals surface area contributed by atoms with Crippen molar-refractivity contribution in [1.29, 1.82) is 0 Å². The van der Waals surface area contributed by atoms with Crippen molar-refractivity contribution in [2.24, 2.45) is 0 Å². The van der Waals surface area contributed by atoms with E-state index in [-0.39, 0.29) is 46.7 Å². The Labute approximate surface area is 253 Å². The molecule has 1 aliphatic heterocycles. The maximum absolute atomic E-state index is 15.4. The molecule has 1 fully saturated rings. The van der Waals surface area contributed by atoms with Crippen molar-refractivity contribution < 1.29 is 28.1 Å². The first kappa shape index (κ1) is 31.7. The lowest BCUT2D eigenvalue weighted by molar-refractivity contribution is -0.676. The smallest absolute Gasteiger partial charge is 0.410 e. The number of hydrogen-bond donors (Lipinski definition) is 4. The van der Waals surface area contributed by atoms with Gasteiger partial charge in [-0.1, -0.05) is 11.6 Å². The Morgan fingerprint density at radius 3 is 2.40 bits per heavy atom. The molecule has 43 heavy (non-hydrogen) atoms. The zero-order valence-electron chi connectivity index (χ0n) is 25.0. The van der Waals surface area contributed by atoms with Crippen molar-refractivity contribution in [1.82, 2.24) is 30.1 Å². The Hall–Kier alpha value is -4.20. The Bertz CT molecular complexity index is 1560. The quantitative estimate of drug-likeness (QED) is 0.292. The van der Waals surface area contributed by atoms with Crippen LogP contribution >= 0.6 is 11.6 Å². The van der Waals surface area contributed by atoms with Gasteiger partial charge in [0.05, 0.1) is 18.7 Å². The maximum atomic E-state index is 15.4. The number of nitrogens with two attached hydrogens (primary N) is 2. The van der Waals surface area contributed by atoms with Crippen molar-refractivity contribution in [2.45, 2.75) is 78.7 Å². The number of hydrogen-bond acceptors (Lipinski definition) is 8. The summed E-state index contributed by atoms with van der Waals surface area (Å²) in [6, 6.07) is 2.64. The van der Waals surface area contributed by atoms with E-state index in [4.69, 9.17) is 27.8 Å². The molecular weight excluding hydrogens is 581 g/mol. The Balaban J connectivity index is 1.52. The molecule has 3 aromatic rings. The highest BCUT2D eigenvalue weighted by Gasteiger charge is 2.30. The fourth-order valence-corrected chi connectivity index (χ4v) is 5.25. The number of benzene rings is 1. The largest absolute Gasteiger partial charge is 0.444 e. The van der Waals surface area contributed by atoms with Gasteiger partial charge in [-0.3, -0.25) is 9.59 Å². The lowest BCUT2D eigenvalue weighted by atomic mass is 10.0. The van der Waals surface area contributed by atoms with Crippen LogP contribution in [0.4, 0.5) is 20.8 Å². The van der Waals surface area contributed by atoms with Gasteiger partial charge in [0.2, 0.25) is 0 Å². The number of amides is 3. The number of fused-ring (bicyclic) bond motifs is 1. The van der Waals surface area contributed by atoms with Crippen LogP contribution < -0.4 is 26.7 Å². The maximum Gasteiger partial charge on any atom is 0.410 e. The second kappa shape index (κ2) is 12.6. The monoisotopic (exact) mass is 618 g/mol. The van der Waals surface area contributed by atoms with E-state index < -0.39 is 23.2 Å². The van der Waals surface area contributed by atoms with E-state index in [1.54, 1.807) is 4.90 Å². The first-order valence-electron chi connectivity index (χ1n) is 14.1. The molecule has 3 heterocycles. The molecule has 232 valence electrons. The molecule has 15 heteroatoms. The number of likely N-dealkylation sites (tertiary alicyclic amines) is 1. The van der Waals surface area contributed by atoms with Gasteiger partial charge >= 0.3 is 6.09 Å². The molecule has 0 unspecified atom stereocenters. The number of anilines is 2. The number of halogens is 2. The predicted octanol–water partition coefficient (Wildman–Crippen LogP) is 2.77. The third-order valence-corrected chi connectivity index (χ3v) is 7.43. The van der Waals surface area contributed by atoms with Crippen LogP contribution in [-0.4, -0.2) is 62.1 Å². The van der Waals surface area contributed by atoms with Gasteiger partial charge < -0.3 is 31.7 Å². The summed E-state index contributed by atoms with van der Waals surface area (Å²) in [5, 5.41) is 5.55. The highest BCUT2D eigenvalue weighted by atomic mass is 35.5. The number of aromatic nitrogens is 4. The Kier molecular flexibility index (Phi) is 9.28. The molecule has 3 amide bonds. The number of carbonyl (C=O) groups excluding carboxylic acids is 3. The average Bonchev–Trinajstić information content (AvgIpc) is 3.23. The minimum atomic E-state index is -0.665. The van der Waals surface area contributed by atoms with Crippen molar-refractivity contribution >= 4 is 52.2 Å². The van der Waals surface area contributed by atoms with E-state index in [2.05, 4.69) is 20.6 Å². The van der Waals surface area contributed by atoms with Gasteiger partial charge in [0.25, 0.3) is 17.6 Å². The minimum Gasteiger partial charge on any atom is -0.444 e. The van der Waals surface area contributed by atoms with E-state index in [1.807, 2.05) is 43.8 Å². The van der Waals surface area contributed by atoms with Gasteiger partial charge in [-0.15, -0.1) is 0 Å². The first-order chi connectivity index (χ1) is 20.2. The van der Waals surface area contributed by atoms with Gasteiger partial charge in [0.15, 0.2) is 33.5 Å². The van der Waals surface area contributed by atoms with Gasteiger partial charge in [-0.25, -0.2) is 28.3 Å². The number of piperidine rings is 1. The second-order valence-electron chi connectivity index (χ2n) is 11.3. The van der Waals surface area contributed by atoms with E-state index >= 15 is 4.39 Å². The molecule has 0 atom stereocenters. The second-order valence-corrected chi connectivity index (χ2v) is 11.6. The van der Waals surface area contributed by atoms with Crippen LogP contribution in [0.5, 0.6) is 0 Å². The fourth-order valence-electron chi connectivity index (χ4n) is 5.13. The minimum absolute atomic E-state index is 0.0533. The third kappa shape index (κ3) is 6.90. The highest BCUT2D eigenvalue weighted by Crippen LogP contribution is 2.22. The van der Waals surface area contributed by atoms with Crippen molar-refractivity contribution in [3.05, 3.63) is 40.2 Å². The number of nitrogen functional groups attached to an aromatic ring is 2. The van der Waals surface area contributed by atoms with Gasteiger partial charge in [-0.2, -0.15) is 0 Å². The number of nitrogens with one attached hydrogen (secondary N) is 2. The highest BCUT2D eigenvalue weighted by molar-refractivity contribution is 6.31. The molecule has 1 saturated heterocycles. The number of carbonyl (C=O) groups is 3. The van der Waals surface area contributed by atoms with Gasteiger partial charge in [0.1, 0.15) is 18.0 Å². The SMILES string of the molecule is CCn1c(CNC(=O)c2nc(Cl)c(N)nc2N)[n+](CC)c2cc(C(=O)NC3CCN(C(=O)OC(C)(C)C)CC3)c(F)cc21. The van der Waals surface area contributed by atoms with Gasteiger partial charge in [0, 0.05) is 31.3 Å². The summed E-state index contributed by atoms with van der Waals surface area (Å²) >= 11 is 5.92. The lowest BCUT2D eigenvalue weighted by Crippen LogP contribution is -2.48. The van der Waals surface area contributed by atoms with Crippen LogP contribution in [0.15, 0.2) is 12.1 Å². The van der Waals surface area contributed by atoms with Crippen LogP contribution in [0, 0.1) is 5.82 Å². The molecule has 0 saturated carbocycles. The molecule has 2 aromatic heterocycles. The van der Waals surface area contributed by atoms with Crippen LogP contribution in [0.2, 0.25) is 5.15 Å². The fraction of sp³-hybridized carbons (Fsp3) is 0.500. The molecule has 6 N–H and O–H groups in total. The summed E-state index contributed by atoms with van der Waals surface area (Å²) in [7, 11) is 0. The zero-order valence-corrected chi connectivity index (χ0v) is 25.7. The number of imidazole rings is 1. The van der Waals surface area contributed by atoms with E-state index in [9.17, 15) is 14.4 Å². The third-order valence-electron chi connectivity index (χ3n) is 7.15. The Morgan fingerprint density at radius 1 is 1.12 bits per heavy atom. The van der Waals surface area contributed by atoms with Crippen LogP contribution in [0.1, 0.15) is 74.1 Å². The van der Waals surface area contributed by atoms with E-state index in [0.717, 1.165) is 0 Å². The van der Waals surface area contributed by atoms with Crippen LogP contribution in [0.25, 0.3) is 11.0 Å². The van der Waals surface area contributed by atoms with E-state index in [1.165, 1.54) is 12.1 Å². The first-order valence-corrected chi connectivity index (χ1v) is 14.5. The summed E-state index contributed by atoms with van der Waals surface area (Å²) in [6.45, 7) is 11.1. The summed E-state index contributed by atoms with van der Waals surface area (Å²) < 4.78 is 24.6. The summed E-state index contributed by atoms with van der Waals surface area (Å²) in [5.41, 5.74) is 11.8. The molecule has 13 nitrogen and oxygen atoms in total. The molecule has 0 spiro atoms. The van der Waals surface area contributed by atoms with Crippen LogP contribution in [0.3, 0.4) is 0 Å². The summed E-state index contributed by atoms with van der Waals surface area (Å²) in [4.78, 5) is 47.8. The molecular formula is C28H38ClFN9O4+. The molecule has 1 aliphatic rings. The number of nitrogens with zero attached hydrogens (tertiary/aromatic N) is 5. The van der Waals surface area contributed by atoms with E-state index in [0.29, 0.717) is 55.9 Å². The molecule has 0 bridgehead atoms. The standard InChI is InChI=1S/C28H37ClFN9O4/c1-6-38-18-12-16(25(40)34-15-8-10-37(11-9-15)27(42)43-28(3,4)5)17(30)13-19(18)39(7-2)20(38)14-33-26(41)21-23(31)36-24(32)22(29)35-21/h12-13,15H,6-11,14H2,1-5H3,(H5-,31,32,33,34,36,40,41)/p+1. The molecule has 0 radical (unpaired) electrons. The topological polar surface area (TPSA) is 174 Å². The Morgan fingerprint density at radius 2 is 1.79 bits per heavy atom. The zero-order chi connectivity index (χ0) is 31.6. The van der Waals surface area contributed by atoms with Crippen molar-refractivity contribution in [2.75, 3.05) is 24.6 Å².